The predicted octanol–water partition coefficient (Wildman–Crippen LogP) is 5.38. The van der Waals surface area contributed by atoms with Gasteiger partial charge in [-0.1, -0.05) is 69.3 Å². The molecule has 1 heterocycles. The summed E-state index contributed by atoms with van der Waals surface area (Å²) < 4.78 is 40.6. The number of hydrogen-bond acceptors (Lipinski definition) is 3. The second-order valence-electron chi connectivity index (χ2n) is 10.7. The van der Waals surface area contributed by atoms with Gasteiger partial charge in [0, 0.05) is 13.1 Å². The third-order valence-electron chi connectivity index (χ3n) is 6.91. The van der Waals surface area contributed by atoms with Gasteiger partial charge in [-0.05, 0) is 77.6 Å². The van der Waals surface area contributed by atoms with E-state index in [0.29, 0.717) is 19.4 Å². The first-order valence-corrected chi connectivity index (χ1v) is 14.2. The Bertz CT molecular complexity index is 1330. The Labute approximate surface area is 219 Å². The number of amides is 1. The number of hydrogen-bond donors (Lipinski definition) is 1. The molecule has 1 N–H and O–H groups in total. The molecule has 196 valence electrons. The van der Waals surface area contributed by atoms with Gasteiger partial charge < -0.3 is 5.32 Å². The summed E-state index contributed by atoms with van der Waals surface area (Å²) >= 11 is 0. The molecule has 3 aromatic rings. The van der Waals surface area contributed by atoms with Gasteiger partial charge >= 0.3 is 0 Å². The van der Waals surface area contributed by atoms with Crippen molar-refractivity contribution in [2.75, 3.05) is 6.54 Å². The number of carbonyl (C=O) groups excluding carboxylic acids is 1. The second-order valence-corrected chi connectivity index (χ2v) is 12.6. The van der Waals surface area contributed by atoms with E-state index < -0.39 is 21.9 Å². The van der Waals surface area contributed by atoms with E-state index in [1.807, 2.05) is 12.1 Å². The molecule has 3 aromatic carbocycles. The monoisotopic (exact) mass is 522 g/mol. The maximum atomic E-state index is 13.3. The molecule has 5 nitrogen and oxygen atoms in total. The topological polar surface area (TPSA) is 66.5 Å². The zero-order chi connectivity index (χ0) is 26.6. The predicted molar refractivity (Wildman–Crippen MR) is 144 cm³/mol. The fraction of sp³-hybridized carbons (Fsp3) is 0.367. The molecular weight excluding hydrogens is 487 g/mol. The number of sulfonamides is 1. The van der Waals surface area contributed by atoms with Gasteiger partial charge in [0.25, 0.3) is 0 Å². The van der Waals surface area contributed by atoms with E-state index in [9.17, 15) is 17.6 Å². The van der Waals surface area contributed by atoms with Crippen molar-refractivity contribution >= 4 is 15.9 Å². The smallest absolute Gasteiger partial charge is 0.243 e. The van der Waals surface area contributed by atoms with Crippen molar-refractivity contribution < 1.29 is 17.6 Å². The fourth-order valence-corrected chi connectivity index (χ4v) is 6.35. The highest BCUT2D eigenvalue weighted by Crippen LogP contribution is 2.27. The first-order chi connectivity index (χ1) is 17.5. The molecule has 0 radical (unpaired) electrons. The Kier molecular flexibility index (Phi) is 8.14. The van der Waals surface area contributed by atoms with Crippen LogP contribution in [0.1, 0.15) is 55.9 Å². The number of rotatable bonds is 8. The summed E-state index contributed by atoms with van der Waals surface area (Å²) in [5.41, 5.74) is 4.90. The van der Waals surface area contributed by atoms with E-state index in [1.54, 1.807) is 0 Å². The summed E-state index contributed by atoms with van der Waals surface area (Å²) in [6.07, 6.45) is 2.88. The standard InChI is InChI=1S/C30H35FN2O3S/c1-30(2,3)25-13-11-22(12-14-25)9-10-23-6-4-7-24(20-23)21-32-29(34)28-8-5-19-33(28)37(35,36)27-17-15-26(31)16-18-27/h4,6-7,11-18,20,28H,5,8-10,19,21H2,1-3H3,(H,32,34)/t28-/m0/s1. The molecule has 7 heteroatoms. The Morgan fingerprint density at radius 3 is 2.27 bits per heavy atom. The number of benzene rings is 3. The van der Waals surface area contributed by atoms with Gasteiger partial charge in [-0.3, -0.25) is 4.79 Å². The van der Waals surface area contributed by atoms with E-state index in [-0.39, 0.29) is 22.8 Å². The van der Waals surface area contributed by atoms with Crippen LogP contribution < -0.4 is 5.32 Å². The van der Waals surface area contributed by atoms with Crippen molar-refractivity contribution in [1.29, 1.82) is 0 Å². The molecule has 1 fully saturated rings. The molecule has 0 unspecified atom stereocenters. The van der Waals surface area contributed by atoms with Crippen LogP contribution in [0.15, 0.2) is 77.7 Å². The lowest BCUT2D eigenvalue weighted by molar-refractivity contribution is -0.124. The van der Waals surface area contributed by atoms with Crippen molar-refractivity contribution in [3.8, 4) is 0 Å². The van der Waals surface area contributed by atoms with Gasteiger partial charge in [0.05, 0.1) is 4.90 Å². The number of halogens is 1. The van der Waals surface area contributed by atoms with Crippen LogP contribution in [0.4, 0.5) is 4.39 Å². The molecule has 1 atom stereocenters. The largest absolute Gasteiger partial charge is 0.351 e. The van der Waals surface area contributed by atoms with Crippen LogP contribution in [-0.4, -0.2) is 31.2 Å². The van der Waals surface area contributed by atoms with Gasteiger partial charge in [-0.2, -0.15) is 4.31 Å². The van der Waals surface area contributed by atoms with Crippen LogP contribution in [-0.2, 0) is 39.6 Å². The van der Waals surface area contributed by atoms with Crippen LogP contribution >= 0.6 is 0 Å². The minimum Gasteiger partial charge on any atom is -0.351 e. The van der Waals surface area contributed by atoms with Gasteiger partial charge in [-0.25, -0.2) is 12.8 Å². The van der Waals surface area contributed by atoms with Gasteiger partial charge in [0.2, 0.25) is 15.9 Å². The van der Waals surface area contributed by atoms with Crippen molar-refractivity contribution in [2.45, 2.75) is 69.4 Å². The van der Waals surface area contributed by atoms with Crippen molar-refractivity contribution in [3.05, 3.63) is 101 Å². The average Bonchev–Trinajstić information content (AvgIpc) is 3.38. The SMILES string of the molecule is CC(C)(C)c1ccc(CCc2cccc(CNC(=O)[C@@H]3CCCN3S(=O)(=O)c3ccc(F)cc3)c2)cc1. The van der Waals surface area contributed by atoms with E-state index in [4.69, 9.17) is 0 Å². The van der Waals surface area contributed by atoms with Gasteiger partial charge in [0.1, 0.15) is 11.9 Å². The second kappa shape index (κ2) is 11.2. The molecule has 1 amide bonds. The third kappa shape index (κ3) is 6.65. The van der Waals surface area contributed by atoms with Crippen LogP contribution in [0.3, 0.4) is 0 Å². The average molecular weight is 523 g/mol. The summed E-state index contributed by atoms with van der Waals surface area (Å²) in [4.78, 5) is 13.0. The fourth-order valence-electron chi connectivity index (χ4n) is 4.69. The summed E-state index contributed by atoms with van der Waals surface area (Å²) in [6.45, 7) is 7.22. The maximum absolute atomic E-state index is 13.3. The number of nitrogens with one attached hydrogen (secondary N) is 1. The maximum Gasteiger partial charge on any atom is 0.243 e. The molecule has 0 aromatic heterocycles. The molecule has 4 rings (SSSR count). The van der Waals surface area contributed by atoms with Crippen LogP contribution in [0.2, 0.25) is 0 Å². The summed E-state index contributed by atoms with van der Waals surface area (Å²) in [5, 5.41) is 2.92. The summed E-state index contributed by atoms with van der Waals surface area (Å²) in [5.74, 6) is -0.817. The molecular formula is C30H35FN2O3S. The first-order valence-electron chi connectivity index (χ1n) is 12.8. The third-order valence-corrected chi connectivity index (χ3v) is 8.83. The Balaban J connectivity index is 1.35. The number of nitrogens with zero attached hydrogens (tertiary/aromatic N) is 1. The number of aryl methyl sites for hydroxylation is 2. The zero-order valence-electron chi connectivity index (χ0n) is 21.7. The molecule has 0 spiro atoms. The molecule has 0 saturated carbocycles. The highest BCUT2D eigenvalue weighted by atomic mass is 32.2. The van der Waals surface area contributed by atoms with Gasteiger partial charge in [-0.15, -0.1) is 0 Å². The highest BCUT2D eigenvalue weighted by Gasteiger charge is 2.39. The lowest BCUT2D eigenvalue weighted by Gasteiger charge is -2.23. The van der Waals surface area contributed by atoms with E-state index in [1.165, 1.54) is 33.1 Å². The molecule has 37 heavy (non-hydrogen) atoms. The Hall–Kier alpha value is -3.03. The Morgan fingerprint density at radius 1 is 0.946 bits per heavy atom. The molecule has 1 aliphatic heterocycles. The molecule has 1 saturated heterocycles. The Morgan fingerprint density at radius 2 is 1.59 bits per heavy atom. The van der Waals surface area contributed by atoms with E-state index in [0.717, 1.165) is 30.5 Å². The highest BCUT2D eigenvalue weighted by molar-refractivity contribution is 7.89. The van der Waals surface area contributed by atoms with Crippen molar-refractivity contribution in [3.63, 3.8) is 0 Å². The first kappa shape index (κ1) is 27.0. The lowest BCUT2D eigenvalue weighted by Crippen LogP contribution is -2.45. The normalized spacial score (nSPS) is 16.6. The minimum absolute atomic E-state index is 0.00523. The summed E-state index contributed by atoms with van der Waals surface area (Å²) in [7, 11) is -3.88. The minimum atomic E-state index is -3.88. The van der Waals surface area contributed by atoms with Crippen molar-refractivity contribution in [2.24, 2.45) is 0 Å². The zero-order valence-corrected chi connectivity index (χ0v) is 22.5. The van der Waals surface area contributed by atoms with E-state index in [2.05, 4.69) is 62.5 Å². The molecule has 0 aliphatic carbocycles. The van der Waals surface area contributed by atoms with E-state index >= 15 is 0 Å². The van der Waals surface area contributed by atoms with Gasteiger partial charge in [0.15, 0.2) is 0 Å². The van der Waals surface area contributed by atoms with Crippen LogP contribution in [0.25, 0.3) is 0 Å². The van der Waals surface area contributed by atoms with Crippen LogP contribution in [0.5, 0.6) is 0 Å². The molecule has 0 bridgehead atoms. The lowest BCUT2D eigenvalue weighted by atomic mass is 9.86. The summed E-state index contributed by atoms with van der Waals surface area (Å²) in [6, 6.07) is 20.8. The molecule has 1 aliphatic rings. The van der Waals surface area contributed by atoms with Crippen molar-refractivity contribution in [1.82, 2.24) is 9.62 Å². The van der Waals surface area contributed by atoms with Crippen LogP contribution in [0, 0.1) is 5.82 Å². The number of carbonyl (C=O) groups is 1. The quantitative estimate of drug-likeness (QED) is 0.432.